The van der Waals surface area contributed by atoms with Crippen molar-refractivity contribution in [1.29, 1.82) is 0 Å². The highest BCUT2D eigenvalue weighted by atomic mass is 16.3. The summed E-state index contributed by atoms with van der Waals surface area (Å²) in [5.41, 5.74) is 2.45. The SMILES string of the molecule is CC1(c2cccc(-c3ncco3)c2)CCCN1. The third kappa shape index (κ3) is 1.87. The summed E-state index contributed by atoms with van der Waals surface area (Å²) in [7, 11) is 0. The predicted octanol–water partition coefficient (Wildman–Crippen LogP) is 2.94. The van der Waals surface area contributed by atoms with Gasteiger partial charge in [0.05, 0.1) is 6.20 Å². The van der Waals surface area contributed by atoms with E-state index in [-0.39, 0.29) is 5.54 Å². The van der Waals surface area contributed by atoms with Gasteiger partial charge in [-0.1, -0.05) is 12.1 Å². The van der Waals surface area contributed by atoms with Gasteiger partial charge in [-0.05, 0) is 44.0 Å². The molecule has 3 nitrogen and oxygen atoms in total. The molecule has 0 radical (unpaired) electrons. The van der Waals surface area contributed by atoms with Crippen LogP contribution in [0.25, 0.3) is 11.5 Å². The van der Waals surface area contributed by atoms with Crippen LogP contribution < -0.4 is 5.32 Å². The minimum atomic E-state index is 0.0998. The van der Waals surface area contributed by atoms with Crippen molar-refractivity contribution in [1.82, 2.24) is 10.3 Å². The maximum Gasteiger partial charge on any atom is 0.225 e. The lowest BCUT2D eigenvalue weighted by atomic mass is 9.89. The zero-order valence-electron chi connectivity index (χ0n) is 9.94. The second-order valence-corrected chi connectivity index (χ2v) is 4.78. The molecule has 3 heteroatoms. The number of oxazole rings is 1. The van der Waals surface area contributed by atoms with Crippen LogP contribution in [0.3, 0.4) is 0 Å². The van der Waals surface area contributed by atoms with Crippen LogP contribution in [-0.4, -0.2) is 11.5 Å². The highest BCUT2D eigenvalue weighted by Gasteiger charge is 2.30. The Labute approximate surface area is 101 Å². The lowest BCUT2D eigenvalue weighted by Gasteiger charge is -2.25. The molecule has 1 aromatic heterocycles. The molecular weight excluding hydrogens is 212 g/mol. The largest absolute Gasteiger partial charge is 0.445 e. The Morgan fingerprint density at radius 2 is 2.35 bits per heavy atom. The van der Waals surface area contributed by atoms with Gasteiger partial charge in [0.25, 0.3) is 0 Å². The number of nitrogens with zero attached hydrogens (tertiary/aromatic N) is 1. The molecule has 1 fully saturated rings. The van der Waals surface area contributed by atoms with Gasteiger partial charge < -0.3 is 9.73 Å². The van der Waals surface area contributed by atoms with E-state index in [2.05, 4.69) is 35.4 Å². The Kier molecular flexibility index (Phi) is 2.48. The van der Waals surface area contributed by atoms with Crippen LogP contribution in [0.15, 0.2) is 41.1 Å². The van der Waals surface area contributed by atoms with Crippen LogP contribution in [0.1, 0.15) is 25.3 Å². The second-order valence-electron chi connectivity index (χ2n) is 4.78. The van der Waals surface area contributed by atoms with Crippen LogP contribution in [0, 0.1) is 0 Å². The number of hydrogen-bond acceptors (Lipinski definition) is 3. The Bertz CT molecular complexity index is 499. The zero-order valence-corrected chi connectivity index (χ0v) is 9.94. The molecule has 1 atom stereocenters. The van der Waals surface area contributed by atoms with E-state index >= 15 is 0 Å². The average molecular weight is 228 g/mol. The third-order valence-electron chi connectivity index (χ3n) is 3.55. The summed E-state index contributed by atoms with van der Waals surface area (Å²) in [5, 5.41) is 3.57. The van der Waals surface area contributed by atoms with Crippen molar-refractivity contribution in [3.63, 3.8) is 0 Å². The van der Waals surface area contributed by atoms with Gasteiger partial charge in [0, 0.05) is 11.1 Å². The first kappa shape index (κ1) is 10.5. The van der Waals surface area contributed by atoms with Crippen LogP contribution in [0.4, 0.5) is 0 Å². The molecular formula is C14H16N2O. The van der Waals surface area contributed by atoms with E-state index in [9.17, 15) is 0 Å². The minimum Gasteiger partial charge on any atom is -0.445 e. The van der Waals surface area contributed by atoms with Crippen LogP contribution in [0.2, 0.25) is 0 Å². The summed E-state index contributed by atoms with van der Waals surface area (Å²) in [6.07, 6.45) is 5.71. The molecule has 1 unspecified atom stereocenters. The van der Waals surface area contributed by atoms with Crippen molar-refractivity contribution in [2.24, 2.45) is 0 Å². The highest BCUT2D eigenvalue weighted by molar-refractivity contribution is 5.55. The maximum absolute atomic E-state index is 5.34. The molecule has 0 aliphatic carbocycles. The van der Waals surface area contributed by atoms with Gasteiger partial charge in [0.2, 0.25) is 5.89 Å². The lowest BCUT2D eigenvalue weighted by Crippen LogP contribution is -2.33. The smallest absolute Gasteiger partial charge is 0.225 e. The molecule has 0 amide bonds. The number of aromatic nitrogens is 1. The van der Waals surface area contributed by atoms with Gasteiger partial charge in [-0.25, -0.2) is 4.98 Å². The summed E-state index contributed by atoms with van der Waals surface area (Å²) >= 11 is 0. The van der Waals surface area contributed by atoms with E-state index < -0.39 is 0 Å². The molecule has 17 heavy (non-hydrogen) atoms. The number of benzene rings is 1. The first-order valence-electron chi connectivity index (χ1n) is 6.03. The number of nitrogens with one attached hydrogen (secondary N) is 1. The third-order valence-corrected chi connectivity index (χ3v) is 3.55. The number of rotatable bonds is 2. The molecule has 1 aliphatic rings. The van der Waals surface area contributed by atoms with E-state index in [0.29, 0.717) is 5.89 Å². The maximum atomic E-state index is 5.34. The fourth-order valence-corrected chi connectivity index (χ4v) is 2.50. The summed E-state index contributed by atoms with van der Waals surface area (Å²) in [4.78, 5) is 4.19. The standard InChI is InChI=1S/C14H16N2O/c1-14(6-3-7-16-14)12-5-2-4-11(10-12)13-15-8-9-17-13/h2,4-5,8-10,16H,3,6-7H2,1H3. The molecule has 1 saturated heterocycles. The Morgan fingerprint density at radius 1 is 1.41 bits per heavy atom. The summed E-state index contributed by atoms with van der Waals surface area (Å²) in [6, 6.07) is 8.45. The van der Waals surface area contributed by atoms with E-state index in [1.54, 1.807) is 12.5 Å². The normalized spacial score (nSPS) is 24.1. The summed E-state index contributed by atoms with van der Waals surface area (Å²) in [5.74, 6) is 0.688. The molecule has 0 saturated carbocycles. The first-order chi connectivity index (χ1) is 8.28. The summed E-state index contributed by atoms with van der Waals surface area (Å²) < 4.78 is 5.34. The lowest BCUT2D eigenvalue weighted by molar-refractivity contribution is 0.435. The van der Waals surface area contributed by atoms with Crippen molar-refractivity contribution < 1.29 is 4.42 Å². The van der Waals surface area contributed by atoms with E-state index in [0.717, 1.165) is 12.1 Å². The van der Waals surface area contributed by atoms with Crippen LogP contribution >= 0.6 is 0 Å². The van der Waals surface area contributed by atoms with Crippen molar-refractivity contribution >= 4 is 0 Å². The fraction of sp³-hybridized carbons (Fsp3) is 0.357. The minimum absolute atomic E-state index is 0.0998. The van der Waals surface area contributed by atoms with Crippen molar-refractivity contribution in [3.8, 4) is 11.5 Å². The van der Waals surface area contributed by atoms with Crippen LogP contribution in [0.5, 0.6) is 0 Å². The Hall–Kier alpha value is -1.61. The van der Waals surface area contributed by atoms with E-state index in [4.69, 9.17) is 4.42 Å². The molecule has 2 heterocycles. The summed E-state index contributed by atoms with van der Waals surface area (Å²) in [6.45, 7) is 3.36. The van der Waals surface area contributed by atoms with E-state index in [1.807, 2.05) is 6.07 Å². The van der Waals surface area contributed by atoms with Gasteiger partial charge in [0.1, 0.15) is 6.26 Å². The topological polar surface area (TPSA) is 38.1 Å². The molecule has 88 valence electrons. The highest BCUT2D eigenvalue weighted by Crippen LogP contribution is 2.32. The zero-order chi connectivity index (χ0) is 11.7. The van der Waals surface area contributed by atoms with Crippen molar-refractivity contribution in [3.05, 3.63) is 42.3 Å². The Balaban J connectivity index is 1.99. The molecule has 3 rings (SSSR count). The molecule has 0 spiro atoms. The quantitative estimate of drug-likeness (QED) is 0.858. The predicted molar refractivity (Wildman–Crippen MR) is 66.5 cm³/mol. The molecule has 0 bridgehead atoms. The molecule has 1 aliphatic heterocycles. The van der Waals surface area contributed by atoms with Crippen molar-refractivity contribution in [2.45, 2.75) is 25.3 Å². The fourth-order valence-electron chi connectivity index (χ4n) is 2.50. The van der Waals surface area contributed by atoms with E-state index in [1.165, 1.54) is 18.4 Å². The molecule has 2 aromatic rings. The van der Waals surface area contributed by atoms with Gasteiger partial charge >= 0.3 is 0 Å². The molecule has 1 aromatic carbocycles. The molecule has 1 N–H and O–H groups in total. The van der Waals surface area contributed by atoms with Gasteiger partial charge in [-0.3, -0.25) is 0 Å². The van der Waals surface area contributed by atoms with Gasteiger partial charge in [-0.15, -0.1) is 0 Å². The first-order valence-corrected chi connectivity index (χ1v) is 6.03. The second kappa shape index (κ2) is 4.00. The average Bonchev–Trinajstić information content (AvgIpc) is 3.01. The Morgan fingerprint density at radius 3 is 3.06 bits per heavy atom. The van der Waals surface area contributed by atoms with Crippen LogP contribution in [-0.2, 0) is 5.54 Å². The monoisotopic (exact) mass is 228 g/mol. The van der Waals surface area contributed by atoms with Crippen molar-refractivity contribution in [2.75, 3.05) is 6.54 Å². The van der Waals surface area contributed by atoms with Gasteiger partial charge in [0.15, 0.2) is 0 Å². The van der Waals surface area contributed by atoms with Gasteiger partial charge in [-0.2, -0.15) is 0 Å². The number of hydrogen-bond donors (Lipinski definition) is 1.